The number of hydrogen-bond acceptors (Lipinski definition) is 5. The molecule has 0 aliphatic carbocycles. The molecule has 1 N–H and O–H groups in total. The van der Waals surface area contributed by atoms with Crippen molar-refractivity contribution < 1.29 is 14.3 Å². The van der Waals surface area contributed by atoms with E-state index in [9.17, 15) is 9.59 Å². The normalized spacial score (nSPS) is 12.1. The van der Waals surface area contributed by atoms with Crippen LogP contribution in [-0.4, -0.2) is 46.4 Å². The van der Waals surface area contributed by atoms with Gasteiger partial charge in [-0.3, -0.25) is 4.79 Å². The van der Waals surface area contributed by atoms with Crippen LogP contribution in [0.2, 0.25) is 0 Å². The highest BCUT2D eigenvalue weighted by molar-refractivity contribution is 7.98. The molecule has 1 atom stereocenters. The van der Waals surface area contributed by atoms with Gasteiger partial charge in [0.2, 0.25) is 0 Å². The largest absolute Gasteiger partial charge is 0.467 e. The number of carbonyl (C=O) groups excluding carboxylic acids is 2. The molecule has 2 aromatic rings. The average Bonchev–Trinajstić information content (AvgIpc) is 2.83. The van der Waals surface area contributed by atoms with Gasteiger partial charge in [-0.2, -0.15) is 11.8 Å². The van der Waals surface area contributed by atoms with Crippen molar-refractivity contribution in [2.75, 3.05) is 19.1 Å². The Bertz CT molecular complexity index is 669. The van der Waals surface area contributed by atoms with Gasteiger partial charge in [-0.25, -0.2) is 9.78 Å². The molecule has 6 nitrogen and oxygen atoms in total. The van der Waals surface area contributed by atoms with Crippen molar-refractivity contribution >= 4 is 29.3 Å². The molecule has 21 heavy (non-hydrogen) atoms. The first-order valence-corrected chi connectivity index (χ1v) is 7.79. The number of carbonyl (C=O) groups is 2. The zero-order valence-corrected chi connectivity index (χ0v) is 12.9. The van der Waals surface area contributed by atoms with E-state index in [4.69, 9.17) is 4.74 Å². The lowest BCUT2D eigenvalue weighted by atomic mass is 10.3. The van der Waals surface area contributed by atoms with E-state index in [1.54, 1.807) is 0 Å². The minimum Gasteiger partial charge on any atom is -0.467 e. The SMILES string of the molecule is COC(=O)[C@H](CSC)NC(=O)c1nc2ccccn2c1C. The van der Waals surface area contributed by atoms with Crippen LogP contribution in [0.15, 0.2) is 24.4 Å². The summed E-state index contributed by atoms with van der Waals surface area (Å²) in [5.41, 5.74) is 1.74. The maximum Gasteiger partial charge on any atom is 0.329 e. The van der Waals surface area contributed by atoms with Gasteiger partial charge in [0.15, 0.2) is 0 Å². The number of rotatable bonds is 5. The number of imidazole rings is 1. The van der Waals surface area contributed by atoms with Crippen LogP contribution < -0.4 is 5.32 Å². The predicted molar refractivity (Wildman–Crippen MR) is 81.6 cm³/mol. The topological polar surface area (TPSA) is 72.7 Å². The summed E-state index contributed by atoms with van der Waals surface area (Å²) in [5.74, 6) is -0.384. The van der Waals surface area contributed by atoms with Gasteiger partial charge in [0.1, 0.15) is 17.4 Å². The molecule has 2 aromatic heterocycles. The average molecular weight is 307 g/mol. The van der Waals surface area contributed by atoms with Crippen LogP contribution in [0.1, 0.15) is 16.2 Å². The van der Waals surface area contributed by atoms with Crippen molar-refractivity contribution in [2.45, 2.75) is 13.0 Å². The van der Waals surface area contributed by atoms with E-state index in [1.807, 2.05) is 42.0 Å². The number of pyridine rings is 1. The minimum atomic E-state index is -0.679. The molecule has 0 aliphatic heterocycles. The molecule has 0 unspecified atom stereocenters. The second kappa shape index (κ2) is 6.62. The number of thioether (sulfide) groups is 1. The zero-order valence-electron chi connectivity index (χ0n) is 12.1. The van der Waals surface area contributed by atoms with Crippen molar-refractivity contribution in [1.82, 2.24) is 14.7 Å². The summed E-state index contributed by atoms with van der Waals surface area (Å²) in [6.45, 7) is 1.82. The number of aryl methyl sites for hydroxylation is 1. The van der Waals surface area contributed by atoms with Crippen molar-refractivity contribution in [1.29, 1.82) is 0 Å². The molecular weight excluding hydrogens is 290 g/mol. The number of aromatic nitrogens is 2. The highest BCUT2D eigenvalue weighted by Gasteiger charge is 2.24. The molecule has 0 radical (unpaired) electrons. The number of ether oxygens (including phenoxy) is 1. The Hall–Kier alpha value is -2.02. The first kappa shape index (κ1) is 15.4. The lowest BCUT2D eigenvalue weighted by Crippen LogP contribution is -2.43. The molecule has 0 saturated carbocycles. The minimum absolute atomic E-state index is 0.316. The Morgan fingerprint density at radius 1 is 1.48 bits per heavy atom. The van der Waals surface area contributed by atoms with E-state index < -0.39 is 12.0 Å². The van der Waals surface area contributed by atoms with Gasteiger partial charge in [-0.05, 0) is 25.3 Å². The van der Waals surface area contributed by atoms with Crippen LogP contribution >= 0.6 is 11.8 Å². The maximum atomic E-state index is 12.3. The summed E-state index contributed by atoms with van der Waals surface area (Å²) in [7, 11) is 1.30. The van der Waals surface area contributed by atoms with Crippen LogP contribution in [-0.2, 0) is 9.53 Å². The van der Waals surface area contributed by atoms with Crippen molar-refractivity contribution in [3.63, 3.8) is 0 Å². The summed E-state index contributed by atoms with van der Waals surface area (Å²) in [6, 6.07) is 4.87. The van der Waals surface area contributed by atoms with Gasteiger partial charge in [0.25, 0.3) is 5.91 Å². The zero-order chi connectivity index (χ0) is 15.4. The summed E-state index contributed by atoms with van der Waals surface area (Å²) in [5, 5.41) is 2.68. The third-order valence-electron chi connectivity index (χ3n) is 3.11. The second-order valence-corrected chi connectivity index (χ2v) is 5.39. The van der Waals surface area contributed by atoms with Gasteiger partial charge in [0, 0.05) is 11.9 Å². The Kier molecular flexibility index (Phi) is 4.85. The Morgan fingerprint density at radius 2 is 2.24 bits per heavy atom. The number of nitrogens with one attached hydrogen (secondary N) is 1. The van der Waals surface area contributed by atoms with Crippen LogP contribution in [0.25, 0.3) is 5.65 Å². The predicted octanol–water partition coefficient (Wildman–Crippen LogP) is 1.28. The molecular formula is C14H17N3O3S. The Morgan fingerprint density at radius 3 is 2.86 bits per heavy atom. The smallest absolute Gasteiger partial charge is 0.329 e. The fourth-order valence-electron chi connectivity index (χ4n) is 2.04. The van der Waals surface area contributed by atoms with Gasteiger partial charge in [-0.15, -0.1) is 0 Å². The maximum absolute atomic E-state index is 12.3. The van der Waals surface area contributed by atoms with E-state index in [0.717, 1.165) is 5.69 Å². The molecule has 112 valence electrons. The molecule has 0 bridgehead atoms. The van der Waals surface area contributed by atoms with Crippen molar-refractivity contribution in [3.8, 4) is 0 Å². The highest BCUT2D eigenvalue weighted by atomic mass is 32.2. The fraction of sp³-hybridized carbons (Fsp3) is 0.357. The van der Waals surface area contributed by atoms with Crippen LogP contribution in [0.3, 0.4) is 0 Å². The van der Waals surface area contributed by atoms with Crippen molar-refractivity contribution in [2.24, 2.45) is 0 Å². The molecule has 0 aromatic carbocycles. The number of amides is 1. The first-order chi connectivity index (χ1) is 10.1. The van der Waals surface area contributed by atoms with E-state index >= 15 is 0 Å². The molecule has 2 rings (SSSR count). The molecule has 7 heteroatoms. The van der Waals surface area contributed by atoms with Gasteiger partial charge in [0.05, 0.1) is 12.8 Å². The highest BCUT2D eigenvalue weighted by Crippen LogP contribution is 2.12. The number of fused-ring (bicyclic) bond motifs is 1. The molecule has 2 heterocycles. The van der Waals surface area contributed by atoms with E-state index in [1.165, 1.54) is 18.9 Å². The molecule has 0 aliphatic rings. The third-order valence-corrected chi connectivity index (χ3v) is 3.77. The van der Waals surface area contributed by atoms with Gasteiger partial charge >= 0.3 is 5.97 Å². The van der Waals surface area contributed by atoms with Crippen LogP contribution in [0.4, 0.5) is 0 Å². The first-order valence-electron chi connectivity index (χ1n) is 6.39. The van der Waals surface area contributed by atoms with Gasteiger partial charge in [-0.1, -0.05) is 6.07 Å². The summed E-state index contributed by atoms with van der Waals surface area (Å²) >= 11 is 1.46. The van der Waals surface area contributed by atoms with Crippen molar-refractivity contribution in [3.05, 3.63) is 35.8 Å². The number of nitrogens with zero attached hydrogens (tertiary/aromatic N) is 2. The van der Waals surface area contributed by atoms with E-state index in [2.05, 4.69) is 10.3 Å². The number of methoxy groups -OCH3 is 1. The van der Waals surface area contributed by atoms with E-state index in [-0.39, 0.29) is 5.91 Å². The quantitative estimate of drug-likeness (QED) is 0.842. The number of esters is 1. The summed E-state index contributed by atoms with van der Waals surface area (Å²) < 4.78 is 6.53. The monoisotopic (exact) mass is 307 g/mol. The third kappa shape index (κ3) is 3.18. The second-order valence-electron chi connectivity index (χ2n) is 4.48. The molecule has 1 amide bonds. The lowest BCUT2D eigenvalue weighted by Gasteiger charge is -2.14. The molecule has 0 spiro atoms. The standard InChI is InChI=1S/C14H17N3O3S/c1-9-12(16-11-6-4-5-7-17(9)11)13(18)15-10(8-21-3)14(19)20-2/h4-7,10H,8H2,1-3H3,(H,15,18)/t10-/m0/s1. The number of hydrogen-bond donors (Lipinski definition) is 1. The Labute approximate surface area is 126 Å². The molecule has 0 fully saturated rings. The van der Waals surface area contributed by atoms with E-state index in [0.29, 0.717) is 17.1 Å². The molecule has 0 saturated heterocycles. The van der Waals surface area contributed by atoms with Crippen LogP contribution in [0, 0.1) is 6.92 Å². The lowest BCUT2D eigenvalue weighted by molar-refractivity contribution is -0.142. The fourth-order valence-corrected chi connectivity index (χ4v) is 2.59. The van der Waals surface area contributed by atoms with Gasteiger partial charge < -0.3 is 14.5 Å². The Balaban J connectivity index is 2.25. The summed E-state index contributed by atoms with van der Waals surface area (Å²) in [4.78, 5) is 28.3. The van der Waals surface area contributed by atoms with Crippen LogP contribution in [0.5, 0.6) is 0 Å². The summed E-state index contributed by atoms with van der Waals surface area (Å²) in [6.07, 6.45) is 3.70.